The molecule has 0 saturated carbocycles. The largest absolute Gasteiger partial charge is 0.352 e. The van der Waals surface area contributed by atoms with E-state index in [9.17, 15) is 18.0 Å². The molecule has 0 bridgehead atoms. The van der Waals surface area contributed by atoms with Crippen LogP contribution >= 0.6 is 23.2 Å². The van der Waals surface area contributed by atoms with Crippen molar-refractivity contribution in [2.75, 3.05) is 10.8 Å². The molecule has 220 valence electrons. The molecule has 0 aliphatic carbocycles. The number of nitrogens with zero attached hydrogens (tertiary/aromatic N) is 2. The van der Waals surface area contributed by atoms with Gasteiger partial charge in [0.25, 0.3) is 10.0 Å². The van der Waals surface area contributed by atoms with E-state index in [4.69, 9.17) is 23.2 Å². The zero-order chi connectivity index (χ0) is 30.5. The average Bonchev–Trinajstić information content (AvgIpc) is 2.91. The number of anilines is 1. The van der Waals surface area contributed by atoms with E-state index >= 15 is 0 Å². The second-order valence-corrected chi connectivity index (χ2v) is 13.1. The first-order chi connectivity index (χ1) is 19.2. The van der Waals surface area contributed by atoms with Crippen LogP contribution in [0.1, 0.15) is 49.4 Å². The zero-order valence-corrected chi connectivity index (χ0v) is 26.6. The Balaban J connectivity index is 2.07. The molecule has 2 atom stereocenters. The molecule has 0 radical (unpaired) electrons. The van der Waals surface area contributed by atoms with Crippen molar-refractivity contribution in [3.63, 3.8) is 0 Å². The van der Waals surface area contributed by atoms with Gasteiger partial charge in [-0.1, -0.05) is 60.0 Å². The Kier molecular flexibility index (Phi) is 10.9. The van der Waals surface area contributed by atoms with Crippen LogP contribution in [-0.4, -0.2) is 43.8 Å². The Morgan fingerprint density at radius 3 is 2.02 bits per heavy atom. The normalized spacial score (nSPS) is 12.9. The fraction of sp³-hybridized carbons (Fsp3) is 0.355. The standard InChI is InChI=1S/C31H37Cl2N3O4S/c1-7-23(5)34-31(38)24(6)35(18-25-10-13-28(32)29(33)17-25)30(37)19-36(26-15-21(3)14-22(4)16-26)41(39,40)27-11-8-20(2)9-12-27/h8-17,23-24H,7,18-19H2,1-6H3,(H,34,38). The summed E-state index contributed by atoms with van der Waals surface area (Å²) < 4.78 is 29.1. The smallest absolute Gasteiger partial charge is 0.264 e. The number of carbonyl (C=O) groups excluding carboxylic acids is 2. The van der Waals surface area contributed by atoms with Crippen LogP contribution in [0, 0.1) is 20.8 Å². The molecule has 0 saturated heterocycles. The highest BCUT2D eigenvalue weighted by Gasteiger charge is 2.33. The van der Waals surface area contributed by atoms with Gasteiger partial charge in [-0.05, 0) is 94.1 Å². The van der Waals surface area contributed by atoms with E-state index in [1.165, 1.54) is 17.0 Å². The summed E-state index contributed by atoms with van der Waals surface area (Å²) >= 11 is 12.3. The molecule has 0 aliphatic heterocycles. The summed E-state index contributed by atoms with van der Waals surface area (Å²) in [5.41, 5.74) is 3.63. The zero-order valence-electron chi connectivity index (χ0n) is 24.2. The van der Waals surface area contributed by atoms with E-state index in [-0.39, 0.29) is 23.4 Å². The number of aryl methyl sites for hydroxylation is 3. The monoisotopic (exact) mass is 617 g/mol. The van der Waals surface area contributed by atoms with Crippen LogP contribution in [0.5, 0.6) is 0 Å². The van der Waals surface area contributed by atoms with E-state index in [1.807, 2.05) is 40.7 Å². The number of hydrogen-bond donors (Lipinski definition) is 1. The Hall–Kier alpha value is -3.07. The molecule has 1 N–H and O–H groups in total. The maximum atomic E-state index is 14.1. The fourth-order valence-electron chi connectivity index (χ4n) is 4.34. The number of nitrogens with one attached hydrogen (secondary N) is 1. The van der Waals surface area contributed by atoms with Crippen molar-refractivity contribution < 1.29 is 18.0 Å². The van der Waals surface area contributed by atoms with Gasteiger partial charge in [-0.25, -0.2) is 8.42 Å². The summed E-state index contributed by atoms with van der Waals surface area (Å²) in [5, 5.41) is 3.59. The van der Waals surface area contributed by atoms with Gasteiger partial charge in [0, 0.05) is 12.6 Å². The quantitative estimate of drug-likeness (QED) is 0.268. The number of hydrogen-bond acceptors (Lipinski definition) is 4. The minimum Gasteiger partial charge on any atom is -0.352 e. The summed E-state index contributed by atoms with van der Waals surface area (Å²) in [6.07, 6.45) is 0.717. The van der Waals surface area contributed by atoms with Crippen molar-refractivity contribution in [1.29, 1.82) is 0 Å². The second-order valence-electron chi connectivity index (χ2n) is 10.4. The lowest BCUT2D eigenvalue weighted by Gasteiger charge is -2.32. The predicted octanol–water partition coefficient (Wildman–Crippen LogP) is 6.45. The van der Waals surface area contributed by atoms with E-state index in [1.54, 1.807) is 49.4 Å². The predicted molar refractivity (Wildman–Crippen MR) is 166 cm³/mol. The molecule has 10 heteroatoms. The third-order valence-corrected chi connectivity index (χ3v) is 9.41. The first-order valence-electron chi connectivity index (χ1n) is 13.4. The molecular formula is C31H37Cl2N3O4S. The lowest BCUT2D eigenvalue weighted by Crippen LogP contribution is -2.52. The van der Waals surface area contributed by atoms with Gasteiger partial charge in [0.2, 0.25) is 11.8 Å². The Labute approximate surface area is 253 Å². The Morgan fingerprint density at radius 1 is 0.854 bits per heavy atom. The first-order valence-corrected chi connectivity index (χ1v) is 15.6. The van der Waals surface area contributed by atoms with Gasteiger partial charge >= 0.3 is 0 Å². The average molecular weight is 619 g/mol. The van der Waals surface area contributed by atoms with Crippen LogP contribution in [0.4, 0.5) is 5.69 Å². The van der Waals surface area contributed by atoms with Gasteiger partial charge in [0.1, 0.15) is 12.6 Å². The van der Waals surface area contributed by atoms with Crippen LogP contribution in [0.2, 0.25) is 10.0 Å². The number of carbonyl (C=O) groups is 2. The van der Waals surface area contributed by atoms with Gasteiger partial charge in [-0.15, -0.1) is 0 Å². The number of amides is 2. The number of sulfonamides is 1. The lowest BCUT2D eigenvalue weighted by atomic mass is 10.1. The SMILES string of the molecule is CCC(C)NC(=O)C(C)N(Cc1ccc(Cl)c(Cl)c1)C(=O)CN(c1cc(C)cc(C)c1)S(=O)(=O)c1ccc(C)cc1. The Bertz CT molecular complexity index is 1490. The van der Waals surface area contributed by atoms with Crippen molar-refractivity contribution in [2.24, 2.45) is 0 Å². The van der Waals surface area contributed by atoms with E-state index in [2.05, 4.69) is 5.32 Å². The van der Waals surface area contributed by atoms with Gasteiger partial charge in [0.05, 0.1) is 20.6 Å². The molecule has 0 aliphatic rings. The van der Waals surface area contributed by atoms with Crippen molar-refractivity contribution in [2.45, 2.75) is 71.5 Å². The van der Waals surface area contributed by atoms with Gasteiger partial charge in [0.15, 0.2) is 0 Å². The Morgan fingerprint density at radius 2 is 1.46 bits per heavy atom. The molecule has 41 heavy (non-hydrogen) atoms. The van der Waals surface area contributed by atoms with E-state index in [0.29, 0.717) is 27.7 Å². The molecule has 0 aromatic heterocycles. The summed E-state index contributed by atoms with van der Waals surface area (Å²) in [7, 11) is -4.14. The minimum absolute atomic E-state index is 0.0239. The highest BCUT2D eigenvalue weighted by molar-refractivity contribution is 7.92. The fourth-order valence-corrected chi connectivity index (χ4v) is 6.06. The van der Waals surface area contributed by atoms with Crippen molar-refractivity contribution in [3.05, 3.63) is 93.0 Å². The lowest BCUT2D eigenvalue weighted by molar-refractivity contribution is -0.139. The number of benzene rings is 3. The minimum atomic E-state index is -4.14. The highest BCUT2D eigenvalue weighted by Crippen LogP contribution is 2.28. The van der Waals surface area contributed by atoms with Gasteiger partial charge in [-0.2, -0.15) is 0 Å². The summed E-state index contributed by atoms with van der Waals surface area (Å²) in [6, 6.07) is 15.9. The molecule has 7 nitrogen and oxygen atoms in total. The molecule has 2 unspecified atom stereocenters. The first kappa shape index (κ1) is 32.4. The molecule has 3 aromatic carbocycles. The van der Waals surface area contributed by atoms with Crippen molar-refractivity contribution >= 4 is 50.7 Å². The van der Waals surface area contributed by atoms with Gasteiger partial charge in [-0.3, -0.25) is 13.9 Å². The molecule has 3 aromatic rings. The molecule has 0 spiro atoms. The molecule has 0 fully saturated rings. The van der Waals surface area contributed by atoms with E-state index < -0.39 is 28.5 Å². The highest BCUT2D eigenvalue weighted by atomic mass is 35.5. The van der Waals surface area contributed by atoms with Crippen LogP contribution in [0.25, 0.3) is 0 Å². The second kappa shape index (κ2) is 13.7. The maximum absolute atomic E-state index is 14.1. The topological polar surface area (TPSA) is 86.8 Å². The van der Waals surface area contributed by atoms with Crippen LogP contribution in [0.3, 0.4) is 0 Å². The van der Waals surface area contributed by atoms with Crippen LogP contribution in [-0.2, 0) is 26.2 Å². The van der Waals surface area contributed by atoms with Gasteiger partial charge < -0.3 is 10.2 Å². The van der Waals surface area contributed by atoms with Crippen molar-refractivity contribution in [1.82, 2.24) is 10.2 Å². The number of rotatable bonds is 11. The van der Waals surface area contributed by atoms with E-state index in [0.717, 1.165) is 21.0 Å². The third kappa shape index (κ3) is 8.24. The molecule has 3 rings (SSSR count). The third-order valence-electron chi connectivity index (χ3n) is 6.89. The molecular weight excluding hydrogens is 581 g/mol. The number of halogens is 2. The molecule has 2 amide bonds. The van der Waals surface area contributed by atoms with Crippen LogP contribution < -0.4 is 9.62 Å². The summed E-state index contributed by atoms with van der Waals surface area (Å²) in [4.78, 5) is 28.7. The summed E-state index contributed by atoms with van der Waals surface area (Å²) in [5.74, 6) is -0.884. The summed E-state index contributed by atoms with van der Waals surface area (Å²) in [6.45, 7) is 10.6. The van der Waals surface area contributed by atoms with Crippen molar-refractivity contribution in [3.8, 4) is 0 Å². The maximum Gasteiger partial charge on any atom is 0.264 e. The van der Waals surface area contributed by atoms with Crippen LogP contribution in [0.15, 0.2) is 65.6 Å². The molecule has 0 heterocycles.